The van der Waals surface area contributed by atoms with Crippen molar-refractivity contribution in [2.24, 2.45) is 10.7 Å². The van der Waals surface area contributed by atoms with E-state index in [9.17, 15) is 0 Å². The number of ether oxygens (including phenoxy) is 2. The lowest BCUT2D eigenvalue weighted by molar-refractivity contribution is 0.0309. The van der Waals surface area contributed by atoms with E-state index >= 15 is 0 Å². The Balaban J connectivity index is 0.00000225. The van der Waals surface area contributed by atoms with Crippen LogP contribution in [0, 0.1) is 6.92 Å². The Kier molecular flexibility index (Phi) is 7.00. The molecule has 2 aromatic rings. The number of hydrogen-bond acceptors (Lipinski definition) is 6. The number of aromatic nitrogens is 2. The highest BCUT2D eigenvalue weighted by atomic mass is 127. The number of benzene rings is 1. The van der Waals surface area contributed by atoms with Gasteiger partial charge in [-0.1, -0.05) is 11.2 Å². The molecule has 1 fully saturated rings. The molecule has 0 saturated carbocycles. The van der Waals surface area contributed by atoms with E-state index in [0.29, 0.717) is 24.2 Å². The molecule has 1 aromatic carbocycles. The van der Waals surface area contributed by atoms with Crippen molar-refractivity contribution in [3.63, 3.8) is 0 Å². The zero-order valence-electron chi connectivity index (χ0n) is 14.1. The van der Waals surface area contributed by atoms with Crippen LogP contribution in [-0.4, -0.2) is 35.9 Å². The zero-order valence-corrected chi connectivity index (χ0v) is 16.5. The highest BCUT2D eigenvalue weighted by Gasteiger charge is 2.30. The Bertz CT molecular complexity index is 721. The first-order valence-electron chi connectivity index (χ1n) is 7.80. The number of hydrogen-bond donors (Lipinski definition) is 2. The molecule has 0 aliphatic carbocycles. The van der Waals surface area contributed by atoms with E-state index in [2.05, 4.69) is 20.4 Å². The van der Waals surface area contributed by atoms with Crippen LogP contribution >= 0.6 is 24.0 Å². The van der Waals surface area contributed by atoms with Gasteiger partial charge in [0.15, 0.2) is 11.8 Å². The van der Waals surface area contributed by atoms with Gasteiger partial charge in [-0.2, -0.15) is 4.98 Å². The normalized spacial score (nSPS) is 20.2. The van der Waals surface area contributed by atoms with Gasteiger partial charge in [-0.05, 0) is 31.9 Å². The van der Waals surface area contributed by atoms with Crippen LogP contribution in [0.5, 0.6) is 5.75 Å². The Morgan fingerprint density at radius 2 is 2.28 bits per heavy atom. The number of nitrogens with two attached hydrogens (primary N) is 1. The van der Waals surface area contributed by atoms with Crippen molar-refractivity contribution in [3.05, 3.63) is 36.0 Å². The molecule has 0 spiro atoms. The number of guanidine groups is 1. The monoisotopic (exact) mass is 459 g/mol. The molecule has 25 heavy (non-hydrogen) atoms. The van der Waals surface area contributed by atoms with Crippen molar-refractivity contribution >= 4 is 35.6 Å². The molecular weight excluding hydrogens is 437 g/mol. The fourth-order valence-electron chi connectivity index (χ4n) is 2.55. The standard InChI is InChI=1S/C16H21N5O3.HI/c1-10-19-15(24-21-10)14-7-6-13(23-14)9-18-16(17)20-11-4-3-5-12(8-11)22-2;/h3-5,8,13-14H,6-7,9H2,1-2H3,(H3,17,18,20);1H/t13-,14+;/m1./s1. The van der Waals surface area contributed by atoms with Gasteiger partial charge in [-0.3, -0.25) is 4.99 Å². The van der Waals surface area contributed by atoms with Gasteiger partial charge in [-0.25, -0.2) is 0 Å². The number of halogens is 1. The molecule has 1 aliphatic heterocycles. The Morgan fingerprint density at radius 3 is 3.00 bits per heavy atom. The fourth-order valence-corrected chi connectivity index (χ4v) is 2.55. The highest BCUT2D eigenvalue weighted by Crippen LogP contribution is 2.31. The predicted molar refractivity (Wildman–Crippen MR) is 104 cm³/mol. The van der Waals surface area contributed by atoms with Crippen LogP contribution < -0.4 is 15.8 Å². The van der Waals surface area contributed by atoms with E-state index in [4.69, 9.17) is 19.7 Å². The SMILES string of the molecule is COc1cccc(NC(N)=NC[C@H]2CC[C@@H](c3nc(C)no3)O2)c1.I. The van der Waals surface area contributed by atoms with Gasteiger partial charge >= 0.3 is 0 Å². The van der Waals surface area contributed by atoms with Gasteiger partial charge in [-0.15, -0.1) is 24.0 Å². The van der Waals surface area contributed by atoms with E-state index in [-0.39, 0.29) is 36.2 Å². The molecule has 0 bridgehead atoms. The smallest absolute Gasteiger partial charge is 0.255 e. The predicted octanol–water partition coefficient (Wildman–Crippen LogP) is 2.65. The molecule has 0 amide bonds. The lowest BCUT2D eigenvalue weighted by atomic mass is 10.2. The second-order valence-electron chi connectivity index (χ2n) is 5.59. The third kappa shape index (κ3) is 5.30. The van der Waals surface area contributed by atoms with Gasteiger partial charge in [0.05, 0.1) is 19.8 Å². The van der Waals surface area contributed by atoms with E-state index in [1.807, 2.05) is 24.3 Å². The maximum atomic E-state index is 5.93. The van der Waals surface area contributed by atoms with Crippen LogP contribution in [0.2, 0.25) is 0 Å². The molecule has 3 rings (SSSR count). The van der Waals surface area contributed by atoms with Crippen LogP contribution in [0.1, 0.15) is 30.7 Å². The lowest BCUT2D eigenvalue weighted by Gasteiger charge is -2.10. The third-order valence-corrected chi connectivity index (χ3v) is 3.73. The lowest BCUT2D eigenvalue weighted by Crippen LogP contribution is -2.24. The Hall–Kier alpha value is -1.88. The third-order valence-electron chi connectivity index (χ3n) is 3.73. The van der Waals surface area contributed by atoms with Crippen LogP contribution in [0.4, 0.5) is 5.69 Å². The average molecular weight is 459 g/mol. The van der Waals surface area contributed by atoms with Crippen molar-refractivity contribution in [1.82, 2.24) is 10.1 Å². The van der Waals surface area contributed by atoms with E-state index in [1.54, 1.807) is 14.0 Å². The number of rotatable bonds is 5. The largest absolute Gasteiger partial charge is 0.497 e. The number of nitrogens with zero attached hydrogens (tertiary/aromatic N) is 3. The first-order valence-corrected chi connectivity index (χ1v) is 7.80. The zero-order chi connectivity index (χ0) is 16.9. The summed E-state index contributed by atoms with van der Waals surface area (Å²) in [6, 6.07) is 7.49. The Labute approximate surface area is 163 Å². The summed E-state index contributed by atoms with van der Waals surface area (Å²) in [4.78, 5) is 8.55. The summed E-state index contributed by atoms with van der Waals surface area (Å²) < 4.78 is 16.2. The summed E-state index contributed by atoms with van der Waals surface area (Å²) in [5.41, 5.74) is 6.75. The molecule has 136 valence electrons. The maximum Gasteiger partial charge on any atom is 0.255 e. The van der Waals surface area contributed by atoms with E-state index in [1.165, 1.54) is 0 Å². The second kappa shape index (κ2) is 8.99. The summed E-state index contributed by atoms with van der Waals surface area (Å²) in [6.07, 6.45) is 1.56. The molecule has 3 N–H and O–H groups in total. The van der Waals surface area contributed by atoms with Crippen LogP contribution in [0.15, 0.2) is 33.8 Å². The molecule has 2 atom stereocenters. The second-order valence-corrected chi connectivity index (χ2v) is 5.59. The maximum absolute atomic E-state index is 5.93. The summed E-state index contributed by atoms with van der Waals surface area (Å²) in [6.45, 7) is 2.26. The molecule has 0 radical (unpaired) electrons. The first kappa shape index (κ1) is 19.4. The minimum absolute atomic E-state index is 0. The van der Waals surface area contributed by atoms with Gasteiger partial charge in [0.1, 0.15) is 11.9 Å². The fraction of sp³-hybridized carbons (Fsp3) is 0.438. The van der Waals surface area contributed by atoms with Crippen molar-refractivity contribution in [2.45, 2.75) is 32.0 Å². The number of aliphatic imine (C=N–C) groups is 1. The minimum atomic E-state index is -0.154. The quantitative estimate of drug-likeness (QED) is 0.402. The van der Waals surface area contributed by atoms with Crippen molar-refractivity contribution in [2.75, 3.05) is 19.0 Å². The number of methoxy groups -OCH3 is 1. The van der Waals surface area contributed by atoms with Gasteiger partial charge in [0.2, 0.25) is 0 Å². The highest BCUT2D eigenvalue weighted by molar-refractivity contribution is 14.0. The van der Waals surface area contributed by atoms with Crippen LogP contribution in [0.3, 0.4) is 0 Å². The molecule has 0 unspecified atom stereocenters. The van der Waals surface area contributed by atoms with E-state index < -0.39 is 0 Å². The molecule has 1 aliphatic rings. The summed E-state index contributed by atoms with van der Waals surface area (Å²) in [7, 11) is 1.62. The van der Waals surface area contributed by atoms with Crippen molar-refractivity contribution < 1.29 is 14.0 Å². The molecular formula is C16H22IN5O3. The molecule has 1 saturated heterocycles. The van der Waals surface area contributed by atoms with E-state index in [0.717, 1.165) is 24.3 Å². The number of nitrogens with one attached hydrogen (secondary N) is 1. The summed E-state index contributed by atoms with van der Waals surface area (Å²) in [5, 5.41) is 6.83. The van der Waals surface area contributed by atoms with Crippen LogP contribution in [0.25, 0.3) is 0 Å². The minimum Gasteiger partial charge on any atom is -0.497 e. The summed E-state index contributed by atoms with van der Waals surface area (Å²) >= 11 is 0. The molecule has 1 aromatic heterocycles. The number of anilines is 1. The molecule has 8 nitrogen and oxygen atoms in total. The van der Waals surface area contributed by atoms with Gasteiger partial charge in [0, 0.05) is 11.8 Å². The first-order chi connectivity index (χ1) is 11.6. The molecule has 2 heterocycles. The van der Waals surface area contributed by atoms with Crippen LogP contribution in [-0.2, 0) is 4.74 Å². The van der Waals surface area contributed by atoms with Crippen molar-refractivity contribution in [1.29, 1.82) is 0 Å². The summed E-state index contributed by atoms with van der Waals surface area (Å²) in [5.74, 6) is 2.23. The Morgan fingerprint density at radius 1 is 1.44 bits per heavy atom. The van der Waals surface area contributed by atoms with Gasteiger partial charge < -0.3 is 25.0 Å². The number of aryl methyl sites for hydroxylation is 1. The molecule has 9 heteroatoms. The van der Waals surface area contributed by atoms with Crippen molar-refractivity contribution in [3.8, 4) is 5.75 Å². The average Bonchev–Trinajstić information content (AvgIpc) is 3.22. The topological polar surface area (TPSA) is 108 Å². The van der Waals surface area contributed by atoms with Gasteiger partial charge in [0.25, 0.3) is 5.89 Å².